The number of alkyl carbamates (subject to hydrolysis) is 1. The molecule has 0 bridgehead atoms. The Labute approximate surface area is 116 Å². The second-order valence-electron chi connectivity index (χ2n) is 5.12. The van der Waals surface area contributed by atoms with Gasteiger partial charge < -0.3 is 20.7 Å². The number of hydrogen-bond acceptors (Lipinski definition) is 3. The molecule has 0 rings (SSSR count). The summed E-state index contributed by atoms with van der Waals surface area (Å²) in [5.41, 5.74) is -0.463. The molecule has 0 fully saturated rings. The highest BCUT2D eigenvalue weighted by Crippen LogP contribution is 2.05. The molecule has 0 aliphatic rings. The van der Waals surface area contributed by atoms with Gasteiger partial charge in [-0.25, -0.2) is 4.79 Å². The molecule has 0 atom stereocenters. The number of rotatable bonds is 6. The Morgan fingerprint density at radius 3 is 2.26 bits per heavy atom. The largest absolute Gasteiger partial charge is 0.444 e. The zero-order valence-corrected chi connectivity index (χ0v) is 12.8. The normalized spacial score (nSPS) is 11.9. The van der Waals surface area contributed by atoms with Crippen molar-refractivity contribution < 1.29 is 9.53 Å². The molecule has 0 unspecified atom stereocenters. The Morgan fingerprint density at radius 2 is 1.74 bits per heavy atom. The summed E-state index contributed by atoms with van der Waals surface area (Å²) in [6.45, 7) is 12.3. The molecule has 112 valence electrons. The first-order valence-electron chi connectivity index (χ1n) is 6.88. The predicted molar refractivity (Wildman–Crippen MR) is 78.5 cm³/mol. The summed E-state index contributed by atoms with van der Waals surface area (Å²) in [6, 6.07) is 0. The predicted octanol–water partition coefficient (Wildman–Crippen LogP) is 1.48. The lowest BCUT2D eigenvalue weighted by atomic mass is 10.2. The van der Waals surface area contributed by atoms with Crippen LogP contribution in [0.5, 0.6) is 0 Å². The van der Waals surface area contributed by atoms with E-state index in [0.29, 0.717) is 13.1 Å². The van der Waals surface area contributed by atoms with Gasteiger partial charge in [-0.1, -0.05) is 6.92 Å². The van der Waals surface area contributed by atoms with E-state index in [9.17, 15) is 4.79 Å². The molecule has 6 heteroatoms. The van der Waals surface area contributed by atoms with Gasteiger partial charge in [0.15, 0.2) is 5.96 Å². The molecule has 0 heterocycles. The zero-order valence-electron chi connectivity index (χ0n) is 12.8. The molecule has 0 saturated carbocycles. The van der Waals surface area contributed by atoms with Crippen LogP contribution in [0.15, 0.2) is 4.99 Å². The van der Waals surface area contributed by atoms with Crippen LogP contribution in [0.3, 0.4) is 0 Å². The van der Waals surface area contributed by atoms with E-state index in [2.05, 4.69) is 27.9 Å². The van der Waals surface area contributed by atoms with Crippen LogP contribution in [0, 0.1) is 0 Å². The minimum absolute atomic E-state index is 0.398. The van der Waals surface area contributed by atoms with Gasteiger partial charge in [-0.3, -0.25) is 4.99 Å². The van der Waals surface area contributed by atoms with Crippen molar-refractivity contribution in [3.8, 4) is 0 Å². The van der Waals surface area contributed by atoms with E-state index in [1.165, 1.54) is 0 Å². The average Bonchev–Trinajstić information content (AvgIpc) is 2.29. The van der Waals surface area contributed by atoms with Crippen molar-refractivity contribution >= 4 is 12.1 Å². The zero-order chi connectivity index (χ0) is 14.7. The maximum Gasteiger partial charge on any atom is 0.407 e. The molecular weight excluding hydrogens is 244 g/mol. The van der Waals surface area contributed by atoms with E-state index in [1.54, 1.807) is 0 Å². The first-order valence-corrected chi connectivity index (χ1v) is 6.88. The lowest BCUT2D eigenvalue weighted by Crippen LogP contribution is -2.42. The van der Waals surface area contributed by atoms with E-state index >= 15 is 0 Å². The standard InChI is InChI=1S/C13H28N4O2/c1-6-8-15-11(14-7-2)16-9-10-17-12(18)19-13(3,4)5/h6-10H2,1-5H3,(H,17,18)(H2,14,15,16). The van der Waals surface area contributed by atoms with Crippen molar-refractivity contribution in [1.82, 2.24) is 16.0 Å². The van der Waals surface area contributed by atoms with E-state index in [-0.39, 0.29) is 0 Å². The molecule has 0 aromatic carbocycles. The molecule has 0 saturated heterocycles. The van der Waals surface area contributed by atoms with Gasteiger partial charge in [0.2, 0.25) is 0 Å². The molecule has 0 aliphatic heterocycles. The third-order valence-corrected chi connectivity index (χ3v) is 1.92. The minimum atomic E-state index is -0.463. The summed E-state index contributed by atoms with van der Waals surface area (Å²) in [7, 11) is 0. The second-order valence-corrected chi connectivity index (χ2v) is 5.12. The Balaban J connectivity index is 3.85. The number of hydrogen-bond donors (Lipinski definition) is 3. The Kier molecular flexibility index (Phi) is 8.74. The van der Waals surface area contributed by atoms with Crippen molar-refractivity contribution in [3.63, 3.8) is 0 Å². The third-order valence-electron chi connectivity index (χ3n) is 1.92. The summed E-state index contributed by atoms with van der Waals surface area (Å²) in [4.78, 5) is 15.8. The first kappa shape index (κ1) is 17.5. The van der Waals surface area contributed by atoms with E-state index in [1.807, 2.05) is 27.7 Å². The number of nitrogens with zero attached hydrogens (tertiary/aromatic N) is 1. The highest BCUT2D eigenvalue weighted by atomic mass is 16.6. The fourth-order valence-corrected chi connectivity index (χ4v) is 1.22. The maximum absolute atomic E-state index is 11.4. The highest BCUT2D eigenvalue weighted by Gasteiger charge is 2.15. The Hall–Kier alpha value is -1.46. The second kappa shape index (κ2) is 9.47. The molecule has 19 heavy (non-hydrogen) atoms. The van der Waals surface area contributed by atoms with Gasteiger partial charge in [-0.2, -0.15) is 0 Å². The van der Waals surface area contributed by atoms with Crippen LogP contribution in [0.25, 0.3) is 0 Å². The lowest BCUT2D eigenvalue weighted by molar-refractivity contribution is 0.0529. The van der Waals surface area contributed by atoms with Gasteiger partial charge in [0.25, 0.3) is 0 Å². The molecule has 0 aliphatic carbocycles. The molecule has 0 aromatic rings. The van der Waals surface area contributed by atoms with Crippen molar-refractivity contribution in [1.29, 1.82) is 0 Å². The number of aliphatic imine (C=N–C) groups is 1. The molecule has 0 spiro atoms. The number of carbonyl (C=O) groups is 1. The Bertz CT molecular complexity index is 285. The van der Waals surface area contributed by atoms with Gasteiger partial charge >= 0.3 is 6.09 Å². The van der Waals surface area contributed by atoms with Crippen molar-refractivity contribution in [2.75, 3.05) is 26.2 Å². The number of nitrogens with one attached hydrogen (secondary N) is 3. The molecular formula is C13H28N4O2. The van der Waals surface area contributed by atoms with Crippen LogP contribution in [0.1, 0.15) is 41.0 Å². The number of amides is 1. The van der Waals surface area contributed by atoms with Crippen LogP contribution < -0.4 is 16.0 Å². The minimum Gasteiger partial charge on any atom is -0.444 e. The van der Waals surface area contributed by atoms with Gasteiger partial charge in [0.1, 0.15) is 5.60 Å². The molecule has 6 nitrogen and oxygen atoms in total. The summed E-state index contributed by atoms with van der Waals surface area (Å²) in [5, 5.41) is 8.97. The molecule has 3 N–H and O–H groups in total. The average molecular weight is 272 g/mol. The van der Waals surface area contributed by atoms with Crippen LogP contribution >= 0.6 is 0 Å². The third kappa shape index (κ3) is 11.4. The van der Waals surface area contributed by atoms with E-state index in [0.717, 1.165) is 25.5 Å². The van der Waals surface area contributed by atoms with Gasteiger partial charge in [-0.05, 0) is 34.1 Å². The van der Waals surface area contributed by atoms with Gasteiger partial charge in [0.05, 0.1) is 0 Å². The van der Waals surface area contributed by atoms with Gasteiger partial charge in [0, 0.05) is 26.2 Å². The van der Waals surface area contributed by atoms with E-state index < -0.39 is 11.7 Å². The Morgan fingerprint density at radius 1 is 1.11 bits per heavy atom. The summed E-state index contributed by atoms with van der Waals surface area (Å²) in [6.07, 6.45) is 0.608. The van der Waals surface area contributed by atoms with Crippen LogP contribution in [0.4, 0.5) is 4.79 Å². The van der Waals surface area contributed by atoms with Crippen LogP contribution in [-0.4, -0.2) is 43.8 Å². The number of guanidine groups is 1. The smallest absolute Gasteiger partial charge is 0.407 e. The molecule has 1 amide bonds. The SMILES string of the molecule is CCCN=C(NCC)NCCNC(=O)OC(C)(C)C. The summed E-state index contributed by atoms with van der Waals surface area (Å²) < 4.78 is 5.13. The number of ether oxygens (including phenoxy) is 1. The monoisotopic (exact) mass is 272 g/mol. The highest BCUT2D eigenvalue weighted by molar-refractivity contribution is 5.79. The summed E-state index contributed by atoms with van der Waals surface area (Å²) >= 11 is 0. The molecule has 0 radical (unpaired) electrons. The lowest BCUT2D eigenvalue weighted by Gasteiger charge is -2.19. The van der Waals surface area contributed by atoms with Crippen LogP contribution in [-0.2, 0) is 4.74 Å². The van der Waals surface area contributed by atoms with Gasteiger partial charge in [-0.15, -0.1) is 0 Å². The van der Waals surface area contributed by atoms with Crippen LogP contribution in [0.2, 0.25) is 0 Å². The molecule has 0 aromatic heterocycles. The van der Waals surface area contributed by atoms with Crippen molar-refractivity contribution in [2.45, 2.75) is 46.6 Å². The van der Waals surface area contributed by atoms with Crippen molar-refractivity contribution in [2.24, 2.45) is 4.99 Å². The fraction of sp³-hybridized carbons (Fsp3) is 0.846. The quantitative estimate of drug-likeness (QED) is 0.389. The maximum atomic E-state index is 11.4. The topological polar surface area (TPSA) is 74.8 Å². The number of carbonyl (C=O) groups excluding carboxylic acids is 1. The first-order chi connectivity index (χ1) is 8.89. The fourth-order valence-electron chi connectivity index (χ4n) is 1.22. The summed E-state index contributed by atoms with van der Waals surface area (Å²) in [5.74, 6) is 0.773. The van der Waals surface area contributed by atoms with Crippen molar-refractivity contribution in [3.05, 3.63) is 0 Å². The van der Waals surface area contributed by atoms with E-state index in [4.69, 9.17) is 4.74 Å².